The molecular formula is C13H17N3O3. The van der Waals surface area contributed by atoms with Crippen LogP contribution in [0.15, 0.2) is 30.3 Å². The molecule has 3 amide bonds. The fourth-order valence-electron chi connectivity index (χ4n) is 1.80. The highest BCUT2D eigenvalue weighted by Crippen LogP contribution is 2.05. The Morgan fingerprint density at radius 3 is 2.84 bits per heavy atom. The van der Waals surface area contributed by atoms with Gasteiger partial charge in [0.2, 0.25) is 0 Å². The van der Waals surface area contributed by atoms with Crippen molar-refractivity contribution in [2.45, 2.75) is 6.42 Å². The molecule has 0 saturated carbocycles. The smallest absolute Gasteiger partial charge is 0.409 e. The third kappa shape index (κ3) is 4.17. The second-order valence-electron chi connectivity index (χ2n) is 4.20. The fourth-order valence-corrected chi connectivity index (χ4v) is 1.80. The van der Waals surface area contributed by atoms with E-state index >= 15 is 0 Å². The van der Waals surface area contributed by atoms with Gasteiger partial charge in [-0.05, 0) is 18.6 Å². The number of para-hydroxylation sites is 1. The highest BCUT2D eigenvalue weighted by Gasteiger charge is 2.18. The van der Waals surface area contributed by atoms with E-state index in [4.69, 9.17) is 4.74 Å². The molecule has 2 rings (SSSR count). The van der Waals surface area contributed by atoms with E-state index in [9.17, 15) is 9.59 Å². The van der Waals surface area contributed by atoms with E-state index in [1.807, 2.05) is 30.3 Å². The van der Waals surface area contributed by atoms with E-state index in [0.717, 1.165) is 12.1 Å². The molecule has 1 aliphatic heterocycles. The Bertz CT molecular complexity index is 436. The molecule has 2 N–H and O–H groups in total. The Labute approximate surface area is 111 Å². The lowest BCUT2D eigenvalue weighted by molar-refractivity contribution is 0.0736. The molecular weight excluding hydrogens is 246 g/mol. The molecule has 1 heterocycles. The number of amides is 3. The van der Waals surface area contributed by atoms with Gasteiger partial charge in [-0.3, -0.25) is 0 Å². The first-order valence-corrected chi connectivity index (χ1v) is 6.27. The average molecular weight is 263 g/mol. The second-order valence-corrected chi connectivity index (χ2v) is 4.20. The van der Waals surface area contributed by atoms with Crippen LogP contribution in [-0.4, -0.2) is 43.3 Å². The lowest BCUT2D eigenvalue weighted by atomic mass is 10.3. The fraction of sp³-hybridized carbons (Fsp3) is 0.385. The Kier molecular flexibility index (Phi) is 4.60. The summed E-state index contributed by atoms with van der Waals surface area (Å²) in [5.41, 5.74) is 0.734. The summed E-state index contributed by atoms with van der Waals surface area (Å²) in [6, 6.07) is 8.91. The van der Waals surface area contributed by atoms with Gasteiger partial charge in [0.25, 0.3) is 0 Å². The van der Waals surface area contributed by atoms with Crippen LogP contribution < -0.4 is 10.6 Å². The lowest BCUT2D eigenvalue weighted by Gasteiger charge is -2.26. The number of hydrogen-bond acceptors (Lipinski definition) is 3. The molecule has 1 aliphatic rings. The predicted octanol–water partition coefficient (Wildman–Crippen LogP) is 1.65. The first-order valence-electron chi connectivity index (χ1n) is 6.27. The van der Waals surface area contributed by atoms with Crippen molar-refractivity contribution in [2.24, 2.45) is 0 Å². The van der Waals surface area contributed by atoms with Crippen LogP contribution in [0.25, 0.3) is 0 Å². The number of cyclic esters (lactones) is 1. The number of anilines is 1. The summed E-state index contributed by atoms with van der Waals surface area (Å²) < 4.78 is 4.90. The van der Waals surface area contributed by atoms with Crippen molar-refractivity contribution in [1.29, 1.82) is 0 Å². The van der Waals surface area contributed by atoms with E-state index in [1.165, 1.54) is 0 Å². The van der Waals surface area contributed by atoms with Crippen molar-refractivity contribution < 1.29 is 14.3 Å². The standard InChI is InChI=1S/C13H17N3O3/c17-12(15-11-5-2-1-3-6-11)14-7-9-16-8-4-10-19-13(16)18/h1-3,5-6H,4,7-10H2,(H2,14,15,17). The van der Waals surface area contributed by atoms with E-state index in [0.29, 0.717) is 26.2 Å². The monoisotopic (exact) mass is 263 g/mol. The molecule has 1 aromatic rings. The number of carbonyl (C=O) groups is 2. The summed E-state index contributed by atoms with van der Waals surface area (Å²) in [6.45, 7) is 2.02. The van der Waals surface area contributed by atoms with Crippen molar-refractivity contribution in [3.05, 3.63) is 30.3 Å². The molecule has 1 saturated heterocycles. The van der Waals surface area contributed by atoms with Gasteiger partial charge < -0.3 is 20.3 Å². The van der Waals surface area contributed by atoms with Gasteiger partial charge in [0.1, 0.15) is 0 Å². The molecule has 0 unspecified atom stereocenters. The number of nitrogens with zero attached hydrogens (tertiary/aromatic N) is 1. The summed E-state index contributed by atoms with van der Waals surface area (Å²) in [6.07, 6.45) is 0.526. The number of hydrogen-bond donors (Lipinski definition) is 2. The topological polar surface area (TPSA) is 70.7 Å². The van der Waals surface area contributed by atoms with E-state index < -0.39 is 0 Å². The third-order valence-electron chi connectivity index (χ3n) is 2.76. The number of carbonyl (C=O) groups excluding carboxylic acids is 2. The quantitative estimate of drug-likeness (QED) is 0.867. The average Bonchev–Trinajstić information content (AvgIpc) is 2.42. The third-order valence-corrected chi connectivity index (χ3v) is 2.76. The molecule has 0 radical (unpaired) electrons. The van der Waals surface area contributed by atoms with Crippen LogP contribution in [0.3, 0.4) is 0 Å². The van der Waals surface area contributed by atoms with Crippen molar-refractivity contribution in [3.8, 4) is 0 Å². The first kappa shape index (κ1) is 13.2. The van der Waals surface area contributed by atoms with Crippen LogP contribution in [-0.2, 0) is 4.74 Å². The van der Waals surface area contributed by atoms with Gasteiger partial charge in [-0.2, -0.15) is 0 Å². The summed E-state index contributed by atoms with van der Waals surface area (Å²) >= 11 is 0. The number of nitrogens with one attached hydrogen (secondary N) is 2. The van der Waals surface area contributed by atoms with Crippen LogP contribution in [0.4, 0.5) is 15.3 Å². The van der Waals surface area contributed by atoms with Gasteiger partial charge in [0.15, 0.2) is 0 Å². The highest BCUT2D eigenvalue weighted by molar-refractivity contribution is 5.89. The Balaban J connectivity index is 1.68. The van der Waals surface area contributed by atoms with Gasteiger partial charge in [0, 0.05) is 25.3 Å². The van der Waals surface area contributed by atoms with E-state index in [1.54, 1.807) is 4.90 Å². The maximum atomic E-state index is 11.6. The maximum absolute atomic E-state index is 11.6. The van der Waals surface area contributed by atoms with Crippen LogP contribution in [0.1, 0.15) is 6.42 Å². The lowest BCUT2D eigenvalue weighted by Crippen LogP contribution is -2.43. The minimum absolute atomic E-state index is 0.281. The van der Waals surface area contributed by atoms with Gasteiger partial charge in [0.05, 0.1) is 6.61 Å². The Hall–Kier alpha value is -2.24. The molecule has 6 heteroatoms. The van der Waals surface area contributed by atoms with Crippen molar-refractivity contribution >= 4 is 17.8 Å². The zero-order valence-corrected chi connectivity index (χ0v) is 10.6. The predicted molar refractivity (Wildman–Crippen MR) is 71.0 cm³/mol. The zero-order chi connectivity index (χ0) is 13.5. The Morgan fingerprint density at radius 1 is 1.32 bits per heavy atom. The normalized spacial score (nSPS) is 14.7. The van der Waals surface area contributed by atoms with E-state index in [-0.39, 0.29) is 12.1 Å². The molecule has 0 aromatic heterocycles. The van der Waals surface area contributed by atoms with Crippen molar-refractivity contribution in [2.75, 3.05) is 31.6 Å². The van der Waals surface area contributed by atoms with Crippen LogP contribution >= 0.6 is 0 Å². The molecule has 1 aromatic carbocycles. The van der Waals surface area contributed by atoms with Gasteiger partial charge in [-0.1, -0.05) is 18.2 Å². The SMILES string of the molecule is O=C(NCCN1CCCOC1=O)Nc1ccccc1. The molecule has 1 fully saturated rings. The van der Waals surface area contributed by atoms with Gasteiger partial charge in [-0.15, -0.1) is 0 Å². The largest absolute Gasteiger partial charge is 0.449 e. The van der Waals surface area contributed by atoms with E-state index in [2.05, 4.69) is 10.6 Å². The number of ether oxygens (including phenoxy) is 1. The van der Waals surface area contributed by atoms with Crippen molar-refractivity contribution in [1.82, 2.24) is 10.2 Å². The van der Waals surface area contributed by atoms with Gasteiger partial charge in [-0.25, -0.2) is 9.59 Å². The van der Waals surface area contributed by atoms with Crippen LogP contribution in [0, 0.1) is 0 Å². The minimum atomic E-state index is -0.309. The second kappa shape index (κ2) is 6.63. The number of benzene rings is 1. The molecule has 0 bridgehead atoms. The first-order chi connectivity index (χ1) is 9.25. The maximum Gasteiger partial charge on any atom is 0.409 e. The summed E-state index contributed by atoms with van der Waals surface area (Å²) in [4.78, 5) is 24.5. The molecule has 6 nitrogen and oxygen atoms in total. The number of urea groups is 1. The molecule has 0 aliphatic carbocycles. The van der Waals surface area contributed by atoms with Gasteiger partial charge >= 0.3 is 12.1 Å². The molecule has 19 heavy (non-hydrogen) atoms. The van der Waals surface area contributed by atoms with Crippen molar-refractivity contribution in [3.63, 3.8) is 0 Å². The highest BCUT2D eigenvalue weighted by atomic mass is 16.6. The minimum Gasteiger partial charge on any atom is -0.449 e. The molecule has 102 valence electrons. The Morgan fingerprint density at radius 2 is 2.11 bits per heavy atom. The molecule has 0 atom stereocenters. The van der Waals surface area contributed by atoms with Crippen LogP contribution in [0.2, 0.25) is 0 Å². The number of rotatable bonds is 4. The summed E-state index contributed by atoms with van der Waals surface area (Å²) in [5, 5.41) is 5.41. The van der Waals surface area contributed by atoms with Crippen LogP contribution in [0.5, 0.6) is 0 Å². The molecule has 0 spiro atoms. The summed E-state index contributed by atoms with van der Waals surface area (Å²) in [7, 11) is 0. The summed E-state index contributed by atoms with van der Waals surface area (Å²) in [5.74, 6) is 0. The zero-order valence-electron chi connectivity index (χ0n) is 10.6.